The summed E-state index contributed by atoms with van der Waals surface area (Å²) in [4.78, 5) is 36.5. The first-order valence-corrected chi connectivity index (χ1v) is 6.26. The summed E-state index contributed by atoms with van der Waals surface area (Å²) in [5.74, 6) is -1.24. The van der Waals surface area contributed by atoms with Crippen molar-refractivity contribution in [3.05, 3.63) is 35.4 Å². The number of fused-ring (bicyclic) bond motifs is 2. The number of nitrogens with zero attached hydrogens (tertiary/aromatic N) is 1. The Bertz CT molecular complexity index is 596. The van der Waals surface area contributed by atoms with E-state index in [1.54, 1.807) is 0 Å². The summed E-state index contributed by atoms with van der Waals surface area (Å²) in [6.45, 7) is -0.318. The predicted octanol–water partition coefficient (Wildman–Crippen LogP) is 0.115. The minimum absolute atomic E-state index is 0.149. The molecule has 19 heavy (non-hydrogen) atoms. The van der Waals surface area contributed by atoms with Crippen LogP contribution in [0, 0.1) is 0 Å². The molecular weight excluding hydrogens is 244 g/mol. The number of nitrogens with two attached hydrogens (primary N) is 1. The van der Waals surface area contributed by atoms with Crippen LogP contribution in [0.5, 0.6) is 0 Å². The standard InChI is InChI=1S/C14H14N2O3/c15-11(17)8-16-12(18)7-14(13(16)19)6-5-9-3-1-2-4-10(9)14/h1-4H,5-8H2,(H2,15,17)/t14-/m1/s1. The highest BCUT2D eigenvalue weighted by atomic mass is 16.2. The molecule has 3 amide bonds. The zero-order chi connectivity index (χ0) is 13.6. The number of hydrogen-bond acceptors (Lipinski definition) is 3. The van der Waals surface area contributed by atoms with Crippen LogP contribution in [-0.4, -0.2) is 29.2 Å². The summed E-state index contributed by atoms with van der Waals surface area (Å²) in [5.41, 5.74) is 6.38. The number of likely N-dealkylation sites (tertiary alicyclic amines) is 1. The Kier molecular flexibility index (Phi) is 2.45. The Morgan fingerprint density at radius 1 is 1.32 bits per heavy atom. The number of imide groups is 1. The normalized spacial score (nSPS) is 25.2. The minimum atomic E-state index is -0.761. The molecule has 0 unspecified atom stereocenters. The molecular formula is C14H14N2O3. The van der Waals surface area contributed by atoms with Crippen molar-refractivity contribution in [3.63, 3.8) is 0 Å². The van der Waals surface area contributed by atoms with E-state index in [-0.39, 0.29) is 24.8 Å². The van der Waals surface area contributed by atoms with Gasteiger partial charge in [-0.1, -0.05) is 24.3 Å². The summed E-state index contributed by atoms with van der Waals surface area (Å²) in [6, 6.07) is 7.69. The molecule has 0 aromatic heterocycles. The molecule has 1 heterocycles. The lowest BCUT2D eigenvalue weighted by Gasteiger charge is -2.22. The number of carbonyl (C=O) groups is 3. The SMILES string of the molecule is NC(=O)CN1C(=O)C[C@@]2(CCc3ccccc32)C1=O. The van der Waals surface area contributed by atoms with Crippen molar-refractivity contribution in [3.8, 4) is 0 Å². The molecule has 5 nitrogen and oxygen atoms in total. The first kappa shape index (κ1) is 11.9. The van der Waals surface area contributed by atoms with Crippen molar-refractivity contribution in [1.29, 1.82) is 0 Å². The number of primary amides is 1. The fourth-order valence-corrected chi connectivity index (χ4v) is 3.21. The van der Waals surface area contributed by atoms with Crippen molar-refractivity contribution in [1.82, 2.24) is 4.90 Å². The van der Waals surface area contributed by atoms with Crippen LogP contribution >= 0.6 is 0 Å². The van der Waals surface area contributed by atoms with Gasteiger partial charge in [0.2, 0.25) is 17.7 Å². The lowest BCUT2D eigenvalue weighted by Crippen LogP contribution is -2.41. The molecule has 0 bridgehead atoms. The summed E-state index contributed by atoms with van der Waals surface area (Å²) in [5, 5.41) is 0. The second-order valence-electron chi connectivity index (χ2n) is 5.17. The van der Waals surface area contributed by atoms with Crippen LogP contribution in [0.15, 0.2) is 24.3 Å². The predicted molar refractivity (Wildman–Crippen MR) is 67.0 cm³/mol. The van der Waals surface area contributed by atoms with E-state index in [0.717, 1.165) is 22.4 Å². The van der Waals surface area contributed by atoms with Gasteiger partial charge in [-0.2, -0.15) is 0 Å². The Balaban J connectivity index is 2.02. The van der Waals surface area contributed by atoms with Crippen LogP contribution in [0.4, 0.5) is 0 Å². The first-order valence-electron chi connectivity index (χ1n) is 6.26. The van der Waals surface area contributed by atoms with E-state index in [4.69, 9.17) is 5.73 Å². The van der Waals surface area contributed by atoms with Gasteiger partial charge < -0.3 is 5.73 Å². The average Bonchev–Trinajstić information content (AvgIpc) is 2.85. The lowest BCUT2D eigenvalue weighted by atomic mass is 9.80. The third kappa shape index (κ3) is 1.58. The molecule has 1 aliphatic heterocycles. The van der Waals surface area contributed by atoms with E-state index in [2.05, 4.69) is 0 Å². The van der Waals surface area contributed by atoms with Crippen molar-refractivity contribution in [2.24, 2.45) is 5.73 Å². The average molecular weight is 258 g/mol. The molecule has 0 radical (unpaired) electrons. The zero-order valence-electron chi connectivity index (χ0n) is 10.4. The minimum Gasteiger partial charge on any atom is -0.368 e. The fraction of sp³-hybridized carbons (Fsp3) is 0.357. The maximum absolute atomic E-state index is 12.5. The van der Waals surface area contributed by atoms with E-state index in [1.165, 1.54) is 0 Å². The lowest BCUT2D eigenvalue weighted by molar-refractivity contribution is -0.143. The Morgan fingerprint density at radius 3 is 2.79 bits per heavy atom. The highest BCUT2D eigenvalue weighted by Gasteiger charge is 2.55. The van der Waals surface area contributed by atoms with Crippen molar-refractivity contribution >= 4 is 17.7 Å². The van der Waals surface area contributed by atoms with Crippen molar-refractivity contribution < 1.29 is 14.4 Å². The van der Waals surface area contributed by atoms with Crippen LogP contribution in [0.3, 0.4) is 0 Å². The molecule has 2 aliphatic rings. The van der Waals surface area contributed by atoms with Gasteiger partial charge in [-0.25, -0.2) is 0 Å². The van der Waals surface area contributed by atoms with E-state index in [0.29, 0.717) is 6.42 Å². The molecule has 1 aliphatic carbocycles. The maximum Gasteiger partial charge on any atom is 0.240 e. The highest BCUT2D eigenvalue weighted by Crippen LogP contribution is 2.46. The first-order chi connectivity index (χ1) is 9.04. The van der Waals surface area contributed by atoms with Crippen molar-refractivity contribution in [2.45, 2.75) is 24.7 Å². The molecule has 1 atom stereocenters. The molecule has 3 rings (SSSR count). The highest BCUT2D eigenvalue weighted by molar-refractivity contribution is 6.11. The number of amides is 3. The van der Waals surface area contributed by atoms with Crippen LogP contribution in [-0.2, 0) is 26.2 Å². The van der Waals surface area contributed by atoms with Gasteiger partial charge in [-0.05, 0) is 24.0 Å². The van der Waals surface area contributed by atoms with Crippen molar-refractivity contribution in [2.75, 3.05) is 6.54 Å². The second-order valence-corrected chi connectivity index (χ2v) is 5.17. The number of hydrogen-bond donors (Lipinski definition) is 1. The fourth-order valence-electron chi connectivity index (χ4n) is 3.21. The molecule has 0 saturated carbocycles. The molecule has 98 valence electrons. The molecule has 2 N–H and O–H groups in total. The Hall–Kier alpha value is -2.17. The van der Waals surface area contributed by atoms with Gasteiger partial charge in [0, 0.05) is 6.42 Å². The number of benzene rings is 1. The van der Waals surface area contributed by atoms with Crippen LogP contribution < -0.4 is 5.73 Å². The van der Waals surface area contributed by atoms with Gasteiger partial charge in [0.05, 0.1) is 5.41 Å². The summed E-state index contributed by atoms with van der Waals surface area (Å²) < 4.78 is 0. The van der Waals surface area contributed by atoms with Gasteiger partial charge in [0.15, 0.2) is 0 Å². The number of rotatable bonds is 2. The molecule has 1 fully saturated rings. The van der Waals surface area contributed by atoms with Crippen LogP contribution in [0.2, 0.25) is 0 Å². The number of aryl methyl sites for hydroxylation is 1. The third-order valence-corrected chi connectivity index (χ3v) is 4.08. The molecule has 1 spiro atoms. The summed E-state index contributed by atoms with van der Waals surface area (Å²) in [6.07, 6.45) is 1.57. The van der Waals surface area contributed by atoms with Gasteiger partial charge >= 0.3 is 0 Å². The maximum atomic E-state index is 12.5. The van der Waals surface area contributed by atoms with E-state index in [9.17, 15) is 14.4 Å². The molecule has 5 heteroatoms. The molecule has 1 aromatic rings. The van der Waals surface area contributed by atoms with E-state index < -0.39 is 11.3 Å². The van der Waals surface area contributed by atoms with Gasteiger partial charge in [0.25, 0.3) is 0 Å². The summed E-state index contributed by atoms with van der Waals surface area (Å²) in [7, 11) is 0. The van der Waals surface area contributed by atoms with Gasteiger partial charge in [-0.3, -0.25) is 19.3 Å². The Morgan fingerprint density at radius 2 is 2.05 bits per heavy atom. The topological polar surface area (TPSA) is 80.5 Å². The molecule has 1 saturated heterocycles. The zero-order valence-corrected chi connectivity index (χ0v) is 10.4. The quantitative estimate of drug-likeness (QED) is 0.765. The third-order valence-electron chi connectivity index (χ3n) is 4.08. The van der Waals surface area contributed by atoms with Gasteiger partial charge in [-0.15, -0.1) is 0 Å². The molecule has 1 aromatic carbocycles. The van der Waals surface area contributed by atoms with Crippen LogP contribution in [0.25, 0.3) is 0 Å². The van der Waals surface area contributed by atoms with E-state index in [1.807, 2.05) is 24.3 Å². The van der Waals surface area contributed by atoms with Crippen LogP contribution in [0.1, 0.15) is 24.0 Å². The summed E-state index contributed by atoms with van der Waals surface area (Å²) >= 11 is 0. The van der Waals surface area contributed by atoms with Gasteiger partial charge in [0.1, 0.15) is 6.54 Å². The number of carbonyl (C=O) groups excluding carboxylic acids is 3. The second kappa shape index (κ2) is 3.91. The monoisotopic (exact) mass is 258 g/mol. The Labute approximate surface area is 110 Å². The largest absolute Gasteiger partial charge is 0.368 e. The smallest absolute Gasteiger partial charge is 0.240 e. The van der Waals surface area contributed by atoms with E-state index >= 15 is 0 Å².